The number of carbonyl (C=O) groups is 2. The number of ether oxygens (including phenoxy) is 2. The van der Waals surface area contributed by atoms with Crippen LogP contribution >= 0.6 is 0 Å². The Kier molecular flexibility index (Phi) is 10.8. The number of esters is 1. The lowest BCUT2D eigenvalue weighted by atomic mass is 10.5. The van der Waals surface area contributed by atoms with Gasteiger partial charge in [0.15, 0.2) is 0 Å². The van der Waals surface area contributed by atoms with Crippen molar-refractivity contribution in [3.05, 3.63) is 0 Å². The van der Waals surface area contributed by atoms with Crippen molar-refractivity contribution in [3.63, 3.8) is 0 Å². The molecule has 0 rings (SSSR count). The van der Waals surface area contributed by atoms with Gasteiger partial charge in [0.1, 0.15) is 0 Å². The highest BCUT2D eigenvalue weighted by Crippen LogP contribution is 1.93. The maximum atomic E-state index is 11.2. The Bertz CT molecular complexity index is 263. The first-order chi connectivity index (χ1) is 9.06. The molecule has 8 heteroatoms. The molecule has 5 N–H and O–H groups in total. The summed E-state index contributed by atoms with van der Waals surface area (Å²) in [6.07, 6.45) is -1.50. The lowest BCUT2D eigenvalue weighted by Gasteiger charge is -2.13. The molecular formula is C11H24N4O4. The van der Waals surface area contributed by atoms with Gasteiger partial charge < -0.3 is 31.2 Å². The van der Waals surface area contributed by atoms with Crippen molar-refractivity contribution in [2.24, 2.45) is 5.73 Å². The van der Waals surface area contributed by atoms with Gasteiger partial charge in [-0.15, -0.1) is 0 Å². The minimum Gasteiger partial charge on any atom is -0.426 e. The molecule has 0 aromatic heterocycles. The van der Waals surface area contributed by atoms with Crippen LogP contribution in [0.5, 0.6) is 0 Å². The number of nitrogens with two attached hydrogens (primary N) is 1. The monoisotopic (exact) mass is 276 g/mol. The molecule has 112 valence electrons. The summed E-state index contributed by atoms with van der Waals surface area (Å²) in [6.45, 7) is 6.81. The standard InChI is InChI=1S/C11H24N4O4/c1-9(16)18-10(2)19-11(17)15-8-7-14-6-5-13-4-3-12/h10,13-14H,3-8,12H2,1-2H3,(H,15,17)/t10-/m1/s1. The van der Waals surface area contributed by atoms with Crippen LogP contribution in [0.25, 0.3) is 0 Å². The third-order valence-corrected chi connectivity index (χ3v) is 1.98. The van der Waals surface area contributed by atoms with E-state index in [-0.39, 0.29) is 0 Å². The molecule has 0 unspecified atom stereocenters. The van der Waals surface area contributed by atoms with Crippen LogP contribution in [0.2, 0.25) is 0 Å². The minimum atomic E-state index is -0.883. The zero-order valence-corrected chi connectivity index (χ0v) is 11.5. The van der Waals surface area contributed by atoms with E-state index in [4.69, 9.17) is 10.5 Å². The van der Waals surface area contributed by atoms with E-state index in [0.29, 0.717) is 19.6 Å². The summed E-state index contributed by atoms with van der Waals surface area (Å²) in [7, 11) is 0. The van der Waals surface area contributed by atoms with E-state index in [2.05, 4.69) is 20.7 Å². The number of rotatable bonds is 10. The Balaban J connectivity index is 3.36. The van der Waals surface area contributed by atoms with Crippen LogP contribution in [0.3, 0.4) is 0 Å². The zero-order valence-electron chi connectivity index (χ0n) is 11.5. The lowest BCUT2D eigenvalue weighted by molar-refractivity contribution is -0.162. The van der Waals surface area contributed by atoms with Crippen molar-refractivity contribution < 1.29 is 19.1 Å². The first kappa shape index (κ1) is 17.6. The van der Waals surface area contributed by atoms with Gasteiger partial charge in [-0.3, -0.25) is 4.79 Å². The molecule has 0 saturated heterocycles. The molecule has 0 aromatic rings. The second kappa shape index (κ2) is 11.7. The molecule has 0 heterocycles. The first-order valence-corrected chi connectivity index (χ1v) is 6.29. The second-order valence-corrected chi connectivity index (χ2v) is 3.80. The SMILES string of the molecule is CC(=O)O[C@@H](C)OC(=O)NCCNCCNCCN. The van der Waals surface area contributed by atoms with Gasteiger partial charge in [-0.1, -0.05) is 0 Å². The summed E-state index contributed by atoms with van der Waals surface area (Å²) in [5, 5.41) is 8.79. The van der Waals surface area contributed by atoms with Crippen LogP contribution in [0.15, 0.2) is 0 Å². The van der Waals surface area contributed by atoms with Crippen molar-refractivity contribution in [2.45, 2.75) is 20.1 Å². The van der Waals surface area contributed by atoms with Gasteiger partial charge in [0.25, 0.3) is 0 Å². The fraction of sp³-hybridized carbons (Fsp3) is 0.818. The van der Waals surface area contributed by atoms with Crippen LogP contribution in [-0.4, -0.2) is 57.6 Å². The zero-order chi connectivity index (χ0) is 14.5. The molecule has 0 radical (unpaired) electrons. The van der Waals surface area contributed by atoms with E-state index >= 15 is 0 Å². The summed E-state index contributed by atoms with van der Waals surface area (Å²) in [5.74, 6) is -0.494. The van der Waals surface area contributed by atoms with Crippen molar-refractivity contribution in [1.82, 2.24) is 16.0 Å². The van der Waals surface area contributed by atoms with Crippen LogP contribution < -0.4 is 21.7 Å². The molecular weight excluding hydrogens is 252 g/mol. The first-order valence-electron chi connectivity index (χ1n) is 6.29. The van der Waals surface area contributed by atoms with E-state index in [1.807, 2.05) is 0 Å². The molecule has 0 aliphatic rings. The maximum Gasteiger partial charge on any atom is 0.410 e. The molecule has 0 fully saturated rings. The molecule has 0 bridgehead atoms. The smallest absolute Gasteiger partial charge is 0.410 e. The predicted octanol–water partition coefficient (Wildman–Crippen LogP) is -1.24. The Morgan fingerprint density at radius 1 is 1.05 bits per heavy atom. The van der Waals surface area contributed by atoms with E-state index in [9.17, 15) is 9.59 Å². The minimum absolute atomic E-state index is 0.433. The van der Waals surface area contributed by atoms with Crippen molar-refractivity contribution >= 4 is 12.1 Å². The molecule has 19 heavy (non-hydrogen) atoms. The predicted molar refractivity (Wildman–Crippen MR) is 70.5 cm³/mol. The Morgan fingerprint density at radius 3 is 2.21 bits per heavy atom. The average molecular weight is 276 g/mol. The molecule has 0 aliphatic carbocycles. The summed E-state index contributed by atoms with van der Waals surface area (Å²) in [6, 6.07) is 0. The summed E-state index contributed by atoms with van der Waals surface area (Å²) >= 11 is 0. The normalized spacial score (nSPS) is 11.7. The van der Waals surface area contributed by atoms with Gasteiger partial charge in [0.05, 0.1) is 0 Å². The van der Waals surface area contributed by atoms with E-state index in [1.54, 1.807) is 0 Å². The molecule has 1 atom stereocenters. The van der Waals surface area contributed by atoms with Gasteiger partial charge >= 0.3 is 12.1 Å². The quantitative estimate of drug-likeness (QED) is 0.224. The Hall–Kier alpha value is -1.38. The van der Waals surface area contributed by atoms with Crippen LogP contribution in [0.4, 0.5) is 4.79 Å². The number of nitrogens with one attached hydrogen (secondary N) is 3. The Labute approximate surface area is 113 Å². The number of amides is 1. The van der Waals surface area contributed by atoms with Crippen molar-refractivity contribution in [1.29, 1.82) is 0 Å². The second-order valence-electron chi connectivity index (χ2n) is 3.80. The van der Waals surface area contributed by atoms with Gasteiger partial charge in [0.2, 0.25) is 6.29 Å². The van der Waals surface area contributed by atoms with Crippen LogP contribution in [-0.2, 0) is 14.3 Å². The summed E-state index contributed by atoms with van der Waals surface area (Å²) in [5.41, 5.74) is 5.32. The number of alkyl carbamates (subject to hydrolysis) is 1. The number of hydrogen-bond acceptors (Lipinski definition) is 7. The molecule has 0 spiro atoms. The van der Waals surface area contributed by atoms with Gasteiger partial charge in [-0.2, -0.15) is 0 Å². The summed E-state index contributed by atoms with van der Waals surface area (Å²) in [4.78, 5) is 21.8. The fourth-order valence-corrected chi connectivity index (χ4v) is 1.23. The largest absolute Gasteiger partial charge is 0.426 e. The maximum absolute atomic E-state index is 11.2. The lowest BCUT2D eigenvalue weighted by Crippen LogP contribution is -2.37. The molecule has 0 saturated carbocycles. The topological polar surface area (TPSA) is 115 Å². The Morgan fingerprint density at radius 2 is 1.63 bits per heavy atom. The van der Waals surface area contributed by atoms with E-state index < -0.39 is 18.4 Å². The van der Waals surface area contributed by atoms with E-state index in [0.717, 1.165) is 19.6 Å². The fourth-order valence-electron chi connectivity index (χ4n) is 1.23. The van der Waals surface area contributed by atoms with Gasteiger partial charge in [0, 0.05) is 53.1 Å². The van der Waals surface area contributed by atoms with Crippen molar-refractivity contribution in [3.8, 4) is 0 Å². The molecule has 0 aromatic carbocycles. The molecule has 1 amide bonds. The van der Waals surface area contributed by atoms with Crippen molar-refractivity contribution in [2.75, 3.05) is 39.3 Å². The van der Waals surface area contributed by atoms with E-state index in [1.165, 1.54) is 13.8 Å². The highest BCUT2D eigenvalue weighted by Gasteiger charge is 2.10. The molecule has 0 aliphatic heterocycles. The van der Waals surface area contributed by atoms with Crippen LogP contribution in [0, 0.1) is 0 Å². The van der Waals surface area contributed by atoms with Crippen LogP contribution in [0.1, 0.15) is 13.8 Å². The average Bonchev–Trinajstić information content (AvgIpc) is 2.31. The number of carbonyl (C=O) groups excluding carboxylic acids is 2. The van der Waals surface area contributed by atoms with Gasteiger partial charge in [-0.05, 0) is 0 Å². The molecule has 8 nitrogen and oxygen atoms in total. The highest BCUT2D eigenvalue weighted by molar-refractivity contribution is 5.68. The summed E-state index contributed by atoms with van der Waals surface area (Å²) < 4.78 is 9.42. The number of hydrogen-bond donors (Lipinski definition) is 4. The highest BCUT2D eigenvalue weighted by atomic mass is 16.7. The third-order valence-electron chi connectivity index (χ3n) is 1.98. The third kappa shape index (κ3) is 12.9. The van der Waals surface area contributed by atoms with Gasteiger partial charge in [-0.25, -0.2) is 4.79 Å².